The molecule has 6 nitrogen and oxygen atoms in total. The lowest BCUT2D eigenvalue weighted by Gasteiger charge is -2.17. The third kappa shape index (κ3) is 3.18. The fourth-order valence-electron chi connectivity index (χ4n) is 2.08. The molecule has 2 unspecified atom stereocenters. The van der Waals surface area contributed by atoms with Gasteiger partial charge in [-0.05, 0) is 25.3 Å². The summed E-state index contributed by atoms with van der Waals surface area (Å²) >= 11 is 0. The second-order valence-corrected chi connectivity index (χ2v) is 4.13. The predicted octanol–water partition coefficient (Wildman–Crippen LogP) is -1.08. The molecule has 0 aromatic rings. The van der Waals surface area contributed by atoms with Crippen LogP contribution >= 0.6 is 0 Å². The van der Waals surface area contributed by atoms with Crippen molar-refractivity contribution in [3.8, 4) is 0 Å². The van der Waals surface area contributed by atoms with Crippen LogP contribution in [0, 0.1) is 11.8 Å². The van der Waals surface area contributed by atoms with E-state index in [1.807, 2.05) is 0 Å². The molecule has 0 spiro atoms. The number of carboxylic acid groups (broad SMARTS) is 1. The van der Waals surface area contributed by atoms with Crippen LogP contribution in [-0.2, 0) is 9.59 Å². The Morgan fingerprint density at radius 2 is 2.12 bits per heavy atom. The van der Waals surface area contributed by atoms with Crippen LogP contribution in [0.1, 0.15) is 19.3 Å². The molecular weight excluding hydrogens is 212 g/mol. The van der Waals surface area contributed by atoms with Gasteiger partial charge in [-0.2, -0.15) is 0 Å². The van der Waals surface area contributed by atoms with Gasteiger partial charge in [0.15, 0.2) is 6.10 Å². The van der Waals surface area contributed by atoms with Gasteiger partial charge in [-0.3, -0.25) is 4.79 Å². The molecular formula is C10H18N2O4. The minimum Gasteiger partial charge on any atom is -0.479 e. The molecule has 0 aromatic carbocycles. The molecule has 1 fully saturated rings. The number of amides is 1. The molecule has 3 atom stereocenters. The van der Waals surface area contributed by atoms with E-state index < -0.39 is 12.1 Å². The SMILES string of the molecule is NCC1CCCC1C(=O)NC[C@H](O)C(=O)O. The summed E-state index contributed by atoms with van der Waals surface area (Å²) in [5.41, 5.74) is 5.54. The lowest BCUT2D eigenvalue weighted by molar-refractivity contribution is -0.146. The number of carbonyl (C=O) groups is 2. The van der Waals surface area contributed by atoms with Gasteiger partial charge in [0, 0.05) is 5.92 Å². The number of rotatable bonds is 5. The topological polar surface area (TPSA) is 113 Å². The van der Waals surface area contributed by atoms with Crippen molar-refractivity contribution in [1.29, 1.82) is 0 Å². The molecule has 0 saturated heterocycles. The minimum atomic E-state index is -1.54. The summed E-state index contributed by atoms with van der Waals surface area (Å²) < 4.78 is 0. The van der Waals surface area contributed by atoms with E-state index in [1.54, 1.807) is 0 Å². The summed E-state index contributed by atoms with van der Waals surface area (Å²) in [7, 11) is 0. The standard InChI is InChI=1S/C10H18N2O4/c11-4-6-2-1-3-7(6)9(14)12-5-8(13)10(15)16/h6-8,13H,1-5,11H2,(H,12,14)(H,15,16)/t6?,7?,8-/m0/s1. The van der Waals surface area contributed by atoms with Crippen LogP contribution in [0.15, 0.2) is 0 Å². The highest BCUT2D eigenvalue weighted by atomic mass is 16.4. The molecule has 1 aliphatic rings. The van der Waals surface area contributed by atoms with Crippen molar-refractivity contribution >= 4 is 11.9 Å². The maximum Gasteiger partial charge on any atom is 0.334 e. The first-order valence-corrected chi connectivity index (χ1v) is 5.45. The number of aliphatic hydroxyl groups is 1. The largest absolute Gasteiger partial charge is 0.479 e. The monoisotopic (exact) mass is 230 g/mol. The lowest BCUT2D eigenvalue weighted by Crippen LogP contribution is -2.41. The lowest BCUT2D eigenvalue weighted by atomic mass is 9.95. The first-order valence-electron chi connectivity index (χ1n) is 5.45. The summed E-state index contributed by atoms with van der Waals surface area (Å²) in [6.45, 7) is 0.224. The fourth-order valence-corrected chi connectivity index (χ4v) is 2.08. The fraction of sp³-hybridized carbons (Fsp3) is 0.800. The molecule has 0 radical (unpaired) electrons. The Bertz CT molecular complexity index is 270. The van der Waals surface area contributed by atoms with Gasteiger partial charge >= 0.3 is 5.97 Å². The number of hydrogen-bond donors (Lipinski definition) is 4. The first-order chi connectivity index (χ1) is 7.56. The molecule has 0 aliphatic heterocycles. The number of nitrogens with two attached hydrogens (primary N) is 1. The second kappa shape index (κ2) is 5.81. The number of aliphatic hydroxyl groups excluding tert-OH is 1. The van der Waals surface area contributed by atoms with Crippen LogP contribution in [0.5, 0.6) is 0 Å². The van der Waals surface area contributed by atoms with Gasteiger partial charge in [-0.1, -0.05) is 6.42 Å². The summed E-state index contributed by atoms with van der Waals surface area (Å²) in [6, 6.07) is 0. The molecule has 6 heteroatoms. The zero-order valence-corrected chi connectivity index (χ0v) is 9.06. The van der Waals surface area contributed by atoms with Crippen molar-refractivity contribution in [3.05, 3.63) is 0 Å². The van der Waals surface area contributed by atoms with Crippen LogP contribution in [-0.4, -0.2) is 41.3 Å². The van der Waals surface area contributed by atoms with Gasteiger partial charge in [0.2, 0.25) is 5.91 Å². The van der Waals surface area contributed by atoms with Gasteiger partial charge in [0.05, 0.1) is 6.54 Å². The zero-order valence-electron chi connectivity index (χ0n) is 9.06. The molecule has 1 aliphatic carbocycles. The minimum absolute atomic E-state index is 0.133. The van der Waals surface area contributed by atoms with Crippen molar-refractivity contribution in [2.45, 2.75) is 25.4 Å². The Kier molecular flexibility index (Phi) is 4.70. The molecule has 1 saturated carbocycles. The third-order valence-electron chi connectivity index (χ3n) is 3.05. The van der Waals surface area contributed by atoms with Crippen molar-refractivity contribution in [2.24, 2.45) is 17.6 Å². The van der Waals surface area contributed by atoms with E-state index in [0.29, 0.717) is 6.54 Å². The Morgan fingerprint density at radius 3 is 2.69 bits per heavy atom. The Labute approximate surface area is 93.8 Å². The number of aliphatic carboxylic acids is 1. The Balaban J connectivity index is 2.37. The highest BCUT2D eigenvalue weighted by Gasteiger charge is 2.32. The molecule has 16 heavy (non-hydrogen) atoms. The summed E-state index contributed by atoms with van der Waals surface area (Å²) in [6.07, 6.45) is 1.16. The van der Waals surface area contributed by atoms with E-state index in [-0.39, 0.29) is 24.3 Å². The van der Waals surface area contributed by atoms with Gasteiger partial charge in [0.25, 0.3) is 0 Å². The molecule has 92 valence electrons. The summed E-state index contributed by atoms with van der Waals surface area (Å²) in [5.74, 6) is -1.48. The number of carbonyl (C=O) groups excluding carboxylic acids is 1. The normalized spacial score (nSPS) is 26.4. The summed E-state index contributed by atoms with van der Waals surface area (Å²) in [5, 5.41) is 19.9. The molecule has 5 N–H and O–H groups in total. The molecule has 0 heterocycles. The van der Waals surface area contributed by atoms with Crippen molar-refractivity contribution in [1.82, 2.24) is 5.32 Å². The van der Waals surface area contributed by atoms with Crippen molar-refractivity contribution in [3.63, 3.8) is 0 Å². The van der Waals surface area contributed by atoms with Gasteiger partial charge in [0.1, 0.15) is 0 Å². The van der Waals surface area contributed by atoms with Crippen molar-refractivity contribution in [2.75, 3.05) is 13.1 Å². The predicted molar refractivity (Wildman–Crippen MR) is 56.5 cm³/mol. The van der Waals surface area contributed by atoms with Gasteiger partial charge in [-0.15, -0.1) is 0 Å². The highest BCUT2D eigenvalue weighted by Crippen LogP contribution is 2.30. The molecule has 1 rings (SSSR count). The van der Waals surface area contributed by atoms with Crippen LogP contribution in [0.2, 0.25) is 0 Å². The van der Waals surface area contributed by atoms with Crippen LogP contribution in [0.4, 0.5) is 0 Å². The highest BCUT2D eigenvalue weighted by molar-refractivity contribution is 5.80. The third-order valence-corrected chi connectivity index (χ3v) is 3.05. The van der Waals surface area contributed by atoms with E-state index in [2.05, 4.69) is 5.32 Å². The Hall–Kier alpha value is -1.14. The maximum atomic E-state index is 11.7. The van der Waals surface area contributed by atoms with Crippen molar-refractivity contribution < 1.29 is 19.8 Å². The van der Waals surface area contributed by atoms with E-state index in [1.165, 1.54) is 0 Å². The van der Waals surface area contributed by atoms with Gasteiger partial charge in [-0.25, -0.2) is 4.79 Å². The zero-order chi connectivity index (χ0) is 12.1. The smallest absolute Gasteiger partial charge is 0.334 e. The first kappa shape index (κ1) is 12.9. The van der Waals surface area contributed by atoms with E-state index in [9.17, 15) is 9.59 Å². The number of carboxylic acids is 1. The quantitative estimate of drug-likeness (QED) is 0.480. The van der Waals surface area contributed by atoms with E-state index in [0.717, 1.165) is 19.3 Å². The number of hydrogen-bond acceptors (Lipinski definition) is 4. The van der Waals surface area contributed by atoms with E-state index in [4.69, 9.17) is 15.9 Å². The van der Waals surface area contributed by atoms with Crippen LogP contribution < -0.4 is 11.1 Å². The van der Waals surface area contributed by atoms with E-state index >= 15 is 0 Å². The Morgan fingerprint density at radius 1 is 1.44 bits per heavy atom. The molecule has 0 bridgehead atoms. The second-order valence-electron chi connectivity index (χ2n) is 4.13. The average Bonchev–Trinajstić information content (AvgIpc) is 2.73. The maximum absolute atomic E-state index is 11.7. The number of nitrogens with one attached hydrogen (secondary N) is 1. The average molecular weight is 230 g/mol. The van der Waals surface area contributed by atoms with Gasteiger partial charge < -0.3 is 21.3 Å². The van der Waals surface area contributed by atoms with Crippen LogP contribution in [0.25, 0.3) is 0 Å². The van der Waals surface area contributed by atoms with Crippen LogP contribution in [0.3, 0.4) is 0 Å². The molecule has 1 amide bonds. The molecule has 0 aromatic heterocycles. The summed E-state index contributed by atoms with van der Waals surface area (Å²) in [4.78, 5) is 22.0.